The number of ether oxygens (including phenoxy) is 1. The van der Waals surface area contributed by atoms with E-state index in [0.717, 1.165) is 5.56 Å². The van der Waals surface area contributed by atoms with Gasteiger partial charge in [-0.1, -0.05) is 42.5 Å². The molecule has 0 unspecified atom stereocenters. The summed E-state index contributed by atoms with van der Waals surface area (Å²) in [7, 11) is 0. The molecule has 2 rings (SSSR count). The molecule has 0 saturated heterocycles. The molecule has 0 aliphatic rings. The summed E-state index contributed by atoms with van der Waals surface area (Å²) in [6, 6.07) is 16.3. The van der Waals surface area contributed by atoms with Gasteiger partial charge in [0, 0.05) is 5.69 Å². The molecule has 101 valence electrons. The maximum absolute atomic E-state index is 12.0. The van der Waals surface area contributed by atoms with Gasteiger partial charge in [0.2, 0.25) is 6.29 Å². The van der Waals surface area contributed by atoms with Crippen molar-refractivity contribution in [2.45, 2.75) is 6.61 Å². The van der Waals surface area contributed by atoms with Crippen molar-refractivity contribution in [1.82, 2.24) is 0 Å². The average Bonchev–Trinajstić information content (AvgIpc) is 2.52. The van der Waals surface area contributed by atoms with E-state index in [1.165, 1.54) is 0 Å². The Balaban J connectivity index is 2.03. The normalized spacial score (nSPS) is 9.80. The van der Waals surface area contributed by atoms with Crippen LogP contribution in [0.25, 0.3) is 0 Å². The lowest BCUT2D eigenvalue weighted by Crippen LogP contribution is -2.11. The fourth-order valence-corrected chi connectivity index (χ4v) is 1.75. The zero-order valence-corrected chi connectivity index (χ0v) is 10.8. The van der Waals surface area contributed by atoms with Crippen LogP contribution in [0.5, 0.6) is 0 Å². The third-order valence-electron chi connectivity index (χ3n) is 2.71. The molecule has 0 heterocycles. The molecule has 4 nitrogen and oxygen atoms in total. The van der Waals surface area contributed by atoms with Gasteiger partial charge in [0.25, 0.3) is 0 Å². The first-order chi connectivity index (χ1) is 9.81. The molecule has 0 aromatic heterocycles. The Morgan fingerprint density at radius 3 is 2.50 bits per heavy atom. The molecule has 1 radical (unpaired) electrons. The SMILES string of the molecule is O=[C]CNc1ccccc1C(=O)OCc1ccccc1. The smallest absolute Gasteiger partial charge is 0.340 e. The lowest BCUT2D eigenvalue weighted by molar-refractivity contribution is 0.0474. The van der Waals surface area contributed by atoms with Crippen LogP contribution in [0.3, 0.4) is 0 Å². The summed E-state index contributed by atoms with van der Waals surface area (Å²) in [4.78, 5) is 22.3. The molecule has 0 spiro atoms. The minimum atomic E-state index is -0.428. The number of anilines is 1. The summed E-state index contributed by atoms with van der Waals surface area (Å²) in [5.41, 5.74) is 1.89. The topological polar surface area (TPSA) is 55.4 Å². The van der Waals surface area contributed by atoms with Crippen LogP contribution in [0.4, 0.5) is 5.69 Å². The number of benzene rings is 2. The summed E-state index contributed by atoms with van der Waals surface area (Å²) in [5, 5.41) is 2.82. The average molecular weight is 268 g/mol. The Labute approximate surface area is 117 Å². The van der Waals surface area contributed by atoms with E-state index in [0.29, 0.717) is 11.3 Å². The van der Waals surface area contributed by atoms with Gasteiger partial charge in [0.05, 0.1) is 12.1 Å². The second kappa shape index (κ2) is 7.09. The second-order valence-corrected chi connectivity index (χ2v) is 4.11. The number of rotatable bonds is 6. The molecule has 0 aliphatic carbocycles. The van der Waals surface area contributed by atoms with Gasteiger partial charge in [-0.2, -0.15) is 0 Å². The van der Waals surface area contributed by atoms with Crippen molar-refractivity contribution in [2.75, 3.05) is 11.9 Å². The number of carbonyl (C=O) groups is 1. The molecular formula is C16H14NO3. The number of hydrogen-bond donors (Lipinski definition) is 1. The number of para-hydroxylation sites is 1. The minimum Gasteiger partial charge on any atom is -0.457 e. The minimum absolute atomic E-state index is 0.0307. The highest BCUT2D eigenvalue weighted by Gasteiger charge is 2.12. The Bertz CT molecular complexity index is 581. The van der Waals surface area contributed by atoms with Crippen molar-refractivity contribution < 1.29 is 14.3 Å². The van der Waals surface area contributed by atoms with Crippen molar-refractivity contribution in [1.29, 1.82) is 0 Å². The molecule has 0 aliphatic heterocycles. The maximum atomic E-state index is 12.0. The Hall–Kier alpha value is -2.62. The van der Waals surface area contributed by atoms with Crippen molar-refractivity contribution >= 4 is 17.9 Å². The predicted octanol–water partition coefficient (Wildman–Crippen LogP) is 2.57. The number of hydrogen-bond acceptors (Lipinski definition) is 4. The predicted molar refractivity (Wildman–Crippen MR) is 76.2 cm³/mol. The molecule has 0 bridgehead atoms. The number of carbonyl (C=O) groups excluding carboxylic acids is 2. The lowest BCUT2D eigenvalue weighted by atomic mass is 10.2. The molecule has 1 N–H and O–H groups in total. The van der Waals surface area contributed by atoms with Crippen molar-refractivity contribution in [3.8, 4) is 0 Å². The molecule has 0 atom stereocenters. The van der Waals surface area contributed by atoms with Gasteiger partial charge in [-0.15, -0.1) is 0 Å². The molecule has 20 heavy (non-hydrogen) atoms. The van der Waals surface area contributed by atoms with Crippen LogP contribution in [-0.4, -0.2) is 18.8 Å². The summed E-state index contributed by atoms with van der Waals surface area (Å²) < 4.78 is 5.26. The summed E-state index contributed by atoms with van der Waals surface area (Å²) in [6.07, 6.45) is 1.73. The zero-order valence-electron chi connectivity index (χ0n) is 10.8. The Kier molecular flexibility index (Phi) is 4.89. The third-order valence-corrected chi connectivity index (χ3v) is 2.71. The number of nitrogens with one attached hydrogen (secondary N) is 1. The van der Waals surface area contributed by atoms with E-state index >= 15 is 0 Å². The fourth-order valence-electron chi connectivity index (χ4n) is 1.75. The highest BCUT2D eigenvalue weighted by Crippen LogP contribution is 2.16. The van der Waals surface area contributed by atoms with Gasteiger partial charge in [0.1, 0.15) is 6.61 Å². The van der Waals surface area contributed by atoms with Crippen LogP contribution in [0.15, 0.2) is 54.6 Å². The van der Waals surface area contributed by atoms with E-state index in [4.69, 9.17) is 4.74 Å². The summed E-state index contributed by atoms with van der Waals surface area (Å²) >= 11 is 0. The first-order valence-electron chi connectivity index (χ1n) is 6.20. The van der Waals surface area contributed by atoms with E-state index in [1.54, 1.807) is 30.6 Å². The third kappa shape index (κ3) is 3.68. The highest BCUT2D eigenvalue weighted by atomic mass is 16.5. The van der Waals surface area contributed by atoms with Gasteiger partial charge in [-0.05, 0) is 17.7 Å². The zero-order chi connectivity index (χ0) is 14.2. The van der Waals surface area contributed by atoms with Crippen LogP contribution < -0.4 is 5.32 Å². The van der Waals surface area contributed by atoms with E-state index in [1.807, 2.05) is 30.3 Å². The maximum Gasteiger partial charge on any atom is 0.340 e. The molecule has 0 saturated carbocycles. The monoisotopic (exact) mass is 268 g/mol. The fraction of sp³-hybridized carbons (Fsp3) is 0.125. The van der Waals surface area contributed by atoms with Gasteiger partial charge in [-0.25, -0.2) is 4.79 Å². The van der Waals surface area contributed by atoms with Crippen molar-refractivity contribution in [3.63, 3.8) is 0 Å². The Morgan fingerprint density at radius 2 is 1.75 bits per heavy atom. The van der Waals surface area contributed by atoms with E-state index in [2.05, 4.69) is 5.32 Å². The molecule has 0 amide bonds. The van der Waals surface area contributed by atoms with Gasteiger partial charge in [-0.3, -0.25) is 4.79 Å². The van der Waals surface area contributed by atoms with Crippen molar-refractivity contribution in [2.24, 2.45) is 0 Å². The van der Waals surface area contributed by atoms with Gasteiger partial charge < -0.3 is 10.1 Å². The van der Waals surface area contributed by atoms with Crippen molar-refractivity contribution in [3.05, 3.63) is 65.7 Å². The van der Waals surface area contributed by atoms with Gasteiger partial charge >= 0.3 is 5.97 Å². The molecular weight excluding hydrogens is 254 g/mol. The van der Waals surface area contributed by atoms with E-state index in [-0.39, 0.29) is 13.2 Å². The van der Waals surface area contributed by atoms with Crippen LogP contribution >= 0.6 is 0 Å². The van der Waals surface area contributed by atoms with Crippen LogP contribution in [0.1, 0.15) is 15.9 Å². The molecule has 0 fully saturated rings. The van der Waals surface area contributed by atoms with Gasteiger partial charge in [0.15, 0.2) is 0 Å². The summed E-state index contributed by atoms with van der Waals surface area (Å²) in [6.45, 7) is 0.247. The molecule has 2 aromatic rings. The summed E-state index contributed by atoms with van der Waals surface area (Å²) in [5.74, 6) is -0.428. The highest BCUT2D eigenvalue weighted by molar-refractivity contribution is 5.95. The van der Waals surface area contributed by atoms with E-state index < -0.39 is 5.97 Å². The number of esters is 1. The quantitative estimate of drug-likeness (QED) is 0.818. The van der Waals surface area contributed by atoms with Crippen LogP contribution in [-0.2, 0) is 16.1 Å². The largest absolute Gasteiger partial charge is 0.457 e. The van der Waals surface area contributed by atoms with Crippen LogP contribution in [0.2, 0.25) is 0 Å². The standard InChI is InChI=1S/C16H14NO3/c18-11-10-17-15-9-5-4-8-14(15)16(19)20-12-13-6-2-1-3-7-13/h1-9,17H,10,12H2. The van der Waals surface area contributed by atoms with Crippen LogP contribution in [0, 0.1) is 0 Å². The Morgan fingerprint density at radius 1 is 1.05 bits per heavy atom. The first kappa shape index (κ1) is 13.8. The molecule has 2 aromatic carbocycles. The second-order valence-electron chi connectivity index (χ2n) is 4.11. The first-order valence-corrected chi connectivity index (χ1v) is 6.20. The molecule has 4 heteroatoms. The van der Waals surface area contributed by atoms with E-state index in [9.17, 15) is 9.59 Å². The lowest BCUT2D eigenvalue weighted by Gasteiger charge is -2.10.